The van der Waals surface area contributed by atoms with Crippen molar-refractivity contribution in [2.24, 2.45) is 0 Å². The third-order valence-corrected chi connectivity index (χ3v) is 4.99. The fourth-order valence-electron chi connectivity index (χ4n) is 2.89. The summed E-state index contributed by atoms with van der Waals surface area (Å²) >= 11 is 3.49. The van der Waals surface area contributed by atoms with E-state index in [0.717, 1.165) is 28.6 Å². The Labute approximate surface area is 133 Å². The number of hydrogen-bond donors (Lipinski definition) is 1. The Hall–Kier alpha value is -1.16. The molecule has 21 heavy (non-hydrogen) atoms. The maximum atomic E-state index is 10.5. The Morgan fingerprint density at radius 2 is 2.10 bits per heavy atom. The maximum Gasteiger partial charge on any atom is 0.0855 e. The van der Waals surface area contributed by atoms with Crippen LogP contribution in [0.25, 0.3) is 0 Å². The van der Waals surface area contributed by atoms with Crippen molar-refractivity contribution in [1.82, 2.24) is 0 Å². The Bertz CT molecular complexity index is 639. The molecule has 110 valence electrons. The summed E-state index contributed by atoms with van der Waals surface area (Å²) in [7, 11) is 0. The first-order valence-corrected chi connectivity index (χ1v) is 8.08. The molecule has 2 unspecified atom stereocenters. The molecule has 0 aromatic heterocycles. The average molecular weight is 347 g/mol. The second-order valence-corrected chi connectivity index (χ2v) is 6.42. The van der Waals surface area contributed by atoms with Gasteiger partial charge in [0.25, 0.3) is 0 Å². The van der Waals surface area contributed by atoms with Crippen LogP contribution in [0, 0.1) is 6.92 Å². The van der Waals surface area contributed by atoms with Crippen molar-refractivity contribution < 1.29 is 9.84 Å². The molecule has 3 heteroatoms. The molecule has 1 aliphatic rings. The van der Waals surface area contributed by atoms with E-state index in [4.69, 9.17) is 4.74 Å². The van der Waals surface area contributed by atoms with Crippen LogP contribution < -0.4 is 0 Å². The van der Waals surface area contributed by atoms with Gasteiger partial charge in [-0.3, -0.25) is 0 Å². The zero-order chi connectivity index (χ0) is 14.8. The van der Waals surface area contributed by atoms with Gasteiger partial charge in [-0.25, -0.2) is 0 Å². The van der Waals surface area contributed by atoms with Crippen LogP contribution in [-0.4, -0.2) is 11.7 Å². The van der Waals surface area contributed by atoms with E-state index in [1.54, 1.807) is 0 Å². The second kappa shape index (κ2) is 6.30. The predicted molar refractivity (Wildman–Crippen MR) is 87.3 cm³/mol. The molecule has 2 nitrogen and oxygen atoms in total. The van der Waals surface area contributed by atoms with Gasteiger partial charge in [0.2, 0.25) is 0 Å². The third kappa shape index (κ3) is 3.20. The minimum absolute atomic E-state index is 0.0195. The van der Waals surface area contributed by atoms with Crippen molar-refractivity contribution in [3.8, 4) is 0 Å². The molecule has 0 fully saturated rings. The number of halogens is 1. The van der Waals surface area contributed by atoms with Crippen molar-refractivity contribution in [1.29, 1.82) is 0 Å². The first-order valence-electron chi connectivity index (χ1n) is 7.28. The zero-order valence-corrected chi connectivity index (χ0v) is 13.6. The number of hydrogen-bond acceptors (Lipinski definition) is 2. The van der Waals surface area contributed by atoms with Crippen LogP contribution in [0.5, 0.6) is 0 Å². The summed E-state index contributed by atoms with van der Waals surface area (Å²) in [6.07, 6.45) is 1.03. The number of ether oxygens (including phenoxy) is 1. The number of aliphatic hydroxyl groups is 1. The van der Waals surface area contributed by atoms with Crippen LogP contribution in [0.4, 0.5) is 0 Å². The van der Waals surface area contributed by atoms with Crippen molar-refractivity contribution in [2.45, 2.75) is 32.0 Å². The highest BCUT2D eigenvalue weighted by atomic mass is 79.9. The lowest BCUT2D eigenvalue weighted by Crippen LogP contribution is -2.18. The average Bonchev–Trinajstić information content (AvgIpc) is 2.50. The van der Waals surface area contributed by atoms with E-state index in [9.17, 15) is 5.11 Å². The van der Waals surface area contributed by atoms with Gasteiger partial charge in [0, 0.05) is 10.9 Å². The smallest absolute Gasteiger partial charge is 0.0855 e. The molecule has 0 aliphatic carbocycles. The number of aryl methyl sites for hydroxylation is 1. The van der Waals surface area contributed by atoms with Gasteiger partial charge in [0.15, 0.2) is 0 Å². The van der Waals surface area contributed by atoms with Gasteiger partial charge in [0.1, 0.15) is 0 Å². The number of benzene rings is 2. The van der Waals surface area contributed by atoms with E-state index in [2.05, 4.69) is 34.1 Å². The number of fused-ring (bicyclic) bond motifs is 1. The third-order valence-electron chi connectivity index (χ3n) is 4.10. The Kier molecular flexibility index (Phi) is 4.43. The summed E-state index contributed by atoms with van der Waals surface area (Å²) in [6.45, 7) is 2.76. The number of aliphatic hydroxyl groups excluding tert-OH is 1. The summed E-state index contributed by atoms with van der Waals surface area (Å²) in [4.78, 5) is 0. The summed E-state index contributed by atoms with van der Waals surface area (Å²) in [5.74, 6) is 0. The van der Waals surface area contributed by atoms with Crippen molar-refractivity contribution in [3.63, 3.8) is 0 Å². The lowest BCUT2D eigenvalue weighted by molar-refractivity contribution is 0.00375. The summed E-state index contributed by atoms with van der Waals surface area (Å²) < 4.78 is 6.95. The van der Waals surface area contributed by atoms with Gasteiger partial charge in [-0.1, -0.05) is 52.3 Å². The zero-order valence-electron chi connectivity index (χ0n) is 12.1. The second-order valence-electron chi connectivity index (χ2n) is 5.57. The molecule has 1 aliphatic heterocycles. The van der Waals surface area contributed by atoms with Gasteiger partial charge in [-0.15, -0.1) is 0 Å². The maximum absolute atomic E-state index is 10.5. The highest BCUT2D eigenvalue weighted by Gasteiger charge is 2.24. The Morgan fingerprint density at radius 1 is 1.29 bits per heavy atom. The molecule has 3 rings (SSSR count). The molecule has 2 atom stereocenters. The molecule has 0 radical (unpaired) electrons. The molecule has 0 saturated carbocycles. The minimum atomic E-state index is -0.507. The highest BCUT2D eigenvalue weighted by molar-refractivity contribution is 9.10. The largest absolute Gasteiger partial charge is 0.388 e. The van der Waals surface area contributed by atoms with E-state index < -0.39 is 6.10 Å². The first kappa shape index (κ1) is 14.8. The van der Waals surface area contributed by atoms with E-state index in [1.807, 2.05) is 31.2 Å². The van der Waals surface area contributed by atoms with Crippen molar-refractivity contribution >= 4 is 15.9 Å². The SMILES string of the molecule is Cc1cc(C(O)CC2OCCc3ccccc32)ccc1Br. The fraction of sp³-hybridized carbons (Fsp3) is 0.333. The molecule has 1 N–H and O–H groups in total. The molecule has 0 amide bonds. The van der Waals surface area contributed by atoms with E-state index in [1.165, 1.54) is 11.1 Å². The lowest BCUT2D eigenvalue weighted by atomic mass is 9.92. The van der Waals surface area contributed by atoms with Gasteiger partial charge >= 0.3 is 0 Å². The van der Waals surface area contributed by atoms with Crippen LogP contribution in [0.1, 0.15) is 40.9 Å². The van der Waals surface area contributed by atoms with Gasteiger partial charge in [-0.2, -0.15) is 0 Å². The van der Waals surface area contributed by atoms with Crippen LogP contribution in [0.2, 0.25) is 0 Å². The lowest BCUT2D eigenvalue weighted by Gasteiger charge is -2.28. The Morgan fingerprint density at radius 3 is 2.90 bits per heavy atom. The molecule has 0 saturated heterocycles. The minimum Gasteiger partial charge on any atom is -0.388 e. The quantitative estimate of drug-likeness (QED) is 0.886. The van der Waals surface area contributed by atoms with Crippen LogP contribution in [0.3, 0.4) is 0 Å². The van der Waals surface area contributed by atoms with Crippen LogP contribution in [0.15, 0.2) is 46.9 Å². The monoisotopic (exact) mass is 346 g/mol. The molecule has 0 bridgehead atoms. The highest BCUT2D eigenvalue weighted by Crippen LogP contribution is 2.34. The van der Waals surface area contributed by atoms with Crippen molar-refractivity contribution in [2.75, 3.05) is 6.61 Å². The van der Waals surface area contributed by atoms with Gasteiger partial charge < -0.3 is 9.84 Å². The van der Waals surface area contributed by atoms with E-state index >= 15 is 0 Å². The first-order chi connectivity index (χ1) is 10.1. The topological polar surface area (TPSA) is 29.5 Å². The molecular formula is C18H19BrO2. The normalized spacial score (nSPS) is 19.1. The Balaban J connectivity index is 1.79. The molecule has 1 heterocycles. The van der Waals surface area contributed by atoms with Crippen LogP contribution >= 0.6 is 15.9 Å². The summed E-state index contributed by atoms with van der Waals surface area (Å²) in [5, 5.41) is 10.5. The molecular weight excluding hydrogens is 328 g/mol. The standard InChI is InChI=1S/C18H19BrO2/c1-12-10-14(6-7-16(12)19)17(20)11-18-15-5-3-2-4-13(15)8-9-21-18/h2-7,10,17-18,20H,8-9,11H2,1H3. The van der Waals surface area contributed by atoms with Crippen molar-refractivity contribution in [3.05, 3.63) is 69.2 Å². The molecule has 0 spiro atoms. The number of rotatable bonds is 3. The molecule has 2 aromatic rings. The summed E-state index contributed by atoms with van der Waals surface area (Å²) in [6, 6.07) is 14.4. The van der Waals surface area contributed by atoms with Crippen LogP contribution in [-0.2, 0) is 11.2 Å². The van der Waals surface area contributed by atoms with E-state index in [-0.39, 0.29) is 6.10 Å². The fourth-order valence-corrected chi connectivity index (χ4v) is 3.13. The summed E-state index contributed by atoms with van der Waals surface area (Å²) in [5.41, 5.74) is 4.64. The predicted octanol–water partition coefficient (Wildman–Crippen LogP) is 4.50. The van der Waals surface area contributed by atoms with Gasteiger partial charge in [0.05, 0.1) is 18.8 Å². The van der Waals surface area contributed by atoms with E-state index in [0.29, 0.717) is 6.42 Å². The molecule has 2 aromatic carbocycles. The van der Waals surface area contributed by atoms with Gasteiger partial charge in [-0.05, 0) is 41.7 Å².